The largest absolute Gasteiger partial charge is 0.480 e. The van der Waals surface area contributed by atoms with Crippen molar-refractivity contribution < 1.29 is 19.4 Å². The Hall–Kier alpha value is -0.650. The van der Waals surface area contributed by atoms with Crippen molar-refractivity contribution in [1.29, 1.82) is 0 Å². The van der Waals surface area contributed by atoms with Gasteiger partial charge in [-0.25, -0.2) is 0 Å². The van der Waals surface area contributed by atoms with Gasteiger partial charge in [0.05, 0.1) is 19.3 Å². The molecule has 0 aromatic heterocycles. The van der Waals surface area contributed by atoms with Crippen LogP contribution < -0.4 is 5.32 Å². The van der Waals surface area contributed by atoms with Crippen LogP contribution in [0.5, 0.6) is 0 Å². The summed E-state index contributed by atoms with van der Waals surface area (Å²) >= 11 is 0. The van der Waals surface area contributed by atoms with E-state index in [1.54, 1.807) is 0 Å². The van der Waals surface area contributed by atoms with Crippen LogP contribution in [0.3, 0.4) is 0 Å². The second-order valence-electron chi connectivity index (χ2n) is 6.49. The molecular formula is C16H31NO4. The number of rotatable bonds is 10. The Labute approximate surface area is 128 Å². The number of carbonyl (C=O) groups is 1. The van der Waals surface area contributed by atoms with Crippen LogP contribution in [0.1, 0.15) is 53.4 Å². The Kier molecular flexibility index (Phi) is 7.63. The fourth-order valence-electron chi connectivity index (χ4n) is 3.19. The highest BCUT2D eigenvalue weighted by atomic mass is 16.5. The van der Waals surface area contributed by atoms with E-state index in [1.165, 1.54) is 0 Å². The number of hydrogen-bond donors (Lipinski definition) is 2. The molecule has 0 spiro atoms. The summed E-state index contributed by atoms with van der Waals surface area (Å²) in [7, 11) is 0. The molecule has 0 heterocycles. The highest BCUT2D eigenvalue weighted by Gasteiger charge is 2.48. The average molecular weight is 301 g/mol. The molecule has 0 amide bonds. The van der Waals surface area contributed by atoms with Gasteiger partial charge < -0.3 is 14.6 Å². The van der Waals surface area contributed by atoms with Crippen molar-refractivity contribution in [3.8, 4) is 0 Å². The van der Waals surface area contributed by atoms with E-state index in [0.29, 0.717) is 26.2 Å². The summed E-state index contributed by atoms with van der Waals surface area (Å²) in [5.41, 5.74) is -0.772. The van der Waals surface area contributed by atoms with Gasteiger partial charge in [-0.1, -0.05) is 6.42 Å². The Bertz CT molecular complexity index is 319. The van der Waals surface area contributed by atoms with Gasteiger partial charge in [-0.2, -0.15) is 0 Å². The summed E-state index contributed by atoms with van der Waals surface area (Å²) in [5, 5.41) is 13.0. The minimum absolute atomic E-state index is 0.142. The van der Waals surface area contributed by atoms with Crippen molar-refractivity contribution >= 4 is 5.97 Å². The second-order valence-corrected chi connectivity index (χ2v) is 6.49. The SMILES string of the molecule is CC(C)NC1(C(=O)O)CCCC1CCOCCOC(C)C. The van der Waals surface area contributed by atoms with Gasteiger partial charge >= 0.3 is 5.97 Å². The van der Waals surface area contributed by atoms with E-state index in [-0.39, 0.29) is 18.1 Å². The topological polar surface area (TPSA) is 67.8 Å². The number of aliphatic carboxylic acids is 1. The minimum atomic E-state index is -0.772. The lowest BCUT2D eigenvalue weighted by atomic mass is 9.84. The van der Waals surface area contributed by atoms with Crippen LogP contribution in [-0.4, -0.2) is 48.6 Å². The van der Waals surface area contributed by atoms with Crippen molar-refractivity contribution in [1.82, 2.24) is 5.32 Å². The lowest BCUT2D eigenvalue weighted by Crippen LogP contribution is -2.57. The molecule has 5 heteroatoms. The van der Waals surface area contributed by atoms with Crippen LogP contribution in [0, 0.1) is 5.92 Å². The Morgan fingerprint density at radius 2 is 2.00 bits per heavy atom. The number of ether oxygens (including phenoxy) is 2. The zero-order valence-corrected chi connectivity index (χ0v) is 13.9. The van der Waals surface area contributed by atoms with E-state index < -0.39 is 11.5 Å². The Morgan fingerprint density at radius 3 is 2.57 bits per heavy atom. The molecule has 2 N–H and O–H groups in total. The molecule has 5 nitrogen and oxygen atoms in total. The third kappa shape index (κ3) is 5.57. The van der Waals surface area contributed by atoms with Gasteiger partial charge in [-0.15, -0.1) is 0 Å². The quantitative estimate of drug-likeness (QED) is 0.607. The summed E-state index contributed by atoms with van der Waals surface area (Å²) in [6.07, 6.45) is 3.64. The van der Waals surface area contributed by atoms with Gasteiger partial charge in [-0.05, 0) is 52.9 Å². The molecular weight excluding hydrogens is 270 g/mol. The fourth-order valence-corrected chi connectivity index (χ4v) is 3.19. The highest BCUT2D eigenvalue weighted by Crippen LogP contribution is 2.38. The van der Waals surface area contributed by atoms with Crippen LogP contribution in [0.25, 0.3) is 0 Å². The molecule has 1 saturated carbocycles. The first-order valence-corrected chi connectivity index (χ1v) is 8.09. The third-order valence-electron chi connectivity index (χ3n) is 4.04. The molecule has 21 heavy (non-hydrogen) atoms. The van der Waals surface area contributed by atoms with E-state index in [2.05, 4.69) is 5.32 Å². The van der Waals surface area contributed by atoms with Crippen molar-refractivity contribution in [2.45, 2.75) is 71.1 Å². The summed E-state index contributed by atoms with van der Waals surface area (Å²) < 4.78 is 11.0. The maximum atomic E-state index is 11.8. The highest BCUT2D eigenvalue weighted by molar-refractivity contribution is 5.79. The molecule has 124 valence electrons. The van der Waals surface area contributed by atoms with E-state index in [4.69, 9.17) is 9.47 Å². The number of carboxylic acids is 1. The predicted octanol–water partition coefficient (Wildman–Crippen LogP) is 2.44. The van der Waals surface area contributed by atoms with E-state index in [1.807, 2.05) is 27.7 Å². The first-order valence-electron chi connectivity index (χ1n) is 8.09. The molecule has 1 aliphatic rings. The average Bonchev–Trinajstić information content (AvgIpc) is 2.76. The summed E-state index contributed by atoms with van der Waals surface area (Å²) in [5.74, 6) is -0.578. The molecule has 0 bridgehead atoms. The number of nitrogens with one attached hydrogen (secondary N) is 1. The lowest BCUT2D eigenvalue weighted by Gasteiger charge is -2.34. The summed E-state index contributed by atoms with van der Waals surface area (Å²) in [6, 6.07) is 0.169. The molecule has 0 aliphatic heterocycles. The lowest BCUT2D eigenvalue weighted by molar-refractivity contribution is -0.147. The standard InChI is InChI=1S/C16H31NO4/c1-12(2)17-16(15(18)19)8-5-6-14(16)7-9-20-10-11-21-13(3)4/h12-14,17H,5-11H2,1-4H3,(H,18,19). The van der Waals surface area contributed by atoms with Crippen LogP contribution in [0.2, 0.25) is 0 Å². The van der Waals surface area contributed by atoms with Crippen molar-refractivity contribution in [2.24, 2.45) is 5.92 Å². The summed E-state index contributed by atoms with van der Waals surface area (Å²) in [6.45, 7) is 9.76. The predicted molar refractivity (Wildman–Crippen MR) is 82.5 cm³/mol. The fraction of sp³-hybridized carbons (Fsp3) is 0.938. The van der Waals surface area contributed by atoms with E-state index in [9.17, 15) is 9.90 Å². The molecule has 1 aliphatic carbocycles. The second kappa shape index (κ2) is 8.71. The molecule has 0 radical (unpaired) electrons. The minimum Gasteiger partial charge on any atom is -0.480 e. The number of hydrogen-bond acceptors (Lipinski definition) is 4. The zero-order valence-electron chi connectivity index (χ0n) is 13.9. The molecule has 2 unspecified atom stereocenters. The van der Waals surface area contributed by atoms with E-state index >= 15 is 0 Å². The third-order valence-corrected chi connectivity index (χ3v) is 4.04. The maximum Gasteiger partial charge on any atom is 0.324 e. The van der Waals surface area contributed by atoms with Gasteiger partial charge in [0.25, 0.3) is 0 Å². The first-order chi connectivity index (χ1) is 9.88. The molecule has 0 aromatic carbocycles. The molecule has 0 aromatic rings. The van der Waals surface area contributed by atoms with Gasteiger partial charge in [0.1, 0.15) is 5.54 Å². The monoisotopic (exact) mass is 301 g/mol. The first kappa shape index (κ1) is 18.4. The van der Waals surface area contributed by atoms with E-state index in [0.717, 1.165) is 19.3 Å². The molecule has 1 rings (SSSR count). The van der Waals surface area contributed by atoms with Gasteiger partial charge in [0.2, 0.25) is 0 Å². The molecule has 1 fully saturated rings. The zero-order chi connectivity index (χ0) is 15.9. The summed E-state index contributed by atoms with van der Waals surface area (Å²) in [4.78, 5) is 11.8. The molecule has 2 atom stereocenters. The number of carboxylic acid groups (broad SMARTS) is 1. The van der Waals surface area contributed by atoms with Crippen molar-refractivity contribution in [3.63, 3.8) is 0 Å². The Morgan fingerprint density at radius 1 is 1.29 bits per heavy atom. The molecule has 0 saturated heterocycles. The normalized spacial score (nSPS) is 25.9. The maximum absolute atomic E-state index is 11.8. The van der Waals surface area contributed by atoms with Crippen LogP contribution >= 0.6 is 0 Å². The van der Waals surface area contributed by atoms with Crippen molar-refractivity contribution in [2.75, 3.05) is 19.8 Å². The van der Waals surface area contributed by atoms with Crippen LogP contribution in [-0.2, 0) is 14.3 Å². The van der Waals surface area contributed by atoms with Crippen LogP contribution in [0.4, 0.5) is 0 Å². The van der Waals surface area contributed by atoms with Gasteiger partial charge in [-0.3, -0.25) is 10.1 Å². The van der Waals surface area contributed by atoms with Crippen molar-refractivity contribution in [3.05, 3.63) is 0 Å². The van der Waals surface area contributed by atoms with Gasteiger partial charge in [0.15, 0.2) is 0 Å². The Balaban J connectivity index is 2.39. The van der Waals surface area contributed by atoms with Crippen LogP contribution in [0.15, 0.2) is 0 Å². The van der Waals surface area contributed by atoms with Gasteiger partial charge in [0, 0.05) is 12.6 Å². The smallest absolute Gasteiger partial charge is 0.324 e.